The molecule has 1 heterocycles. The summed E-state index contributed by atoms with van der Waals surface area (Å²) in [6.45, 7) is 5.30. The third kappa shape index (κ3) is 3.68. The fourth-order valence-electron chi connectivity index (χ4n) is 3.14. The lowest BCUT2D eigenvalue weighted by Gasteiger charge is -2.38. The molecule has 0 amide bonds. The molecule has 1 aliphatic heterocycles. The van der Waals surface area contributed by atoms with Crippen molar-refractivity contribution in [3.05, 3.63) is 0 Å². The van der Waals surface area contributed by atoms with Gasteiger partial charge in [0.2, 0.25) is 10.0 Å². The monoisotopic (exact) mass is 274 g/mol. The van der Waals surface area contributed by atoms with E-state index in [9.17, 15) is 8.42 Å². The fourth-order valence-corrected chi connectivity index (χ4v) is 4.92. The SMILES string of the molecule is CC1(C)CCCCC1NS(=O)(=O)CC1CCCN1. The minimum absolute atomic E-state index is 0.0917. The lowest BCUT2D eigenvalue weighted by atomic mass is 9.74. The van der Waals surface area contributed by atoms with Crippen molar-refractivity contribution in [3.63, 3.8) is 0 Å². The Kier molecular flexibility index (Phi) is 4.34. The van der Waals surface area contributed by atoms with E-state index in [0.717, 1.165) is 38.6 Å². The van der Waals surface area contributed by atoms with Crippen LogP contribution in [-0.2, 0) is 10.0 Å². The predicted octanol–water partition coefficient (Wildman–Crippen LogP) is 1.63. The van der Waals surface area contributed by atoms with Gasteiger partial charge in [0.15, 0.2) is 0 Å². The summed E-state index contributed by atoms with van der Waals surface area (Å²) in [5, 5.41) is 3.25. The number of rotatable bonds is 4. The molecule has 0 aromatic heterocycles. The van der Waals surface area contributed by atoms with Gasteiger partial charge in [-0.25, -0.2) is 13.1 Å². The third-order valence-electron chi connectivity index (χ3n) is 4.41. The van der Waals surface area contributed by atoms with E-state index in [1.54, 1.807) is 0 Å². The van der Waals surface area contributed by atoms with Crippen LogP contribution in [0.2, 0.25) is 0 Å². The topological polar surface area (TPSA) is 58.2 Å². The van der Waals surface area contributed by atoms with E-state index < -0.39 is 10.0 Å². The van der Waals surface area contributed by atoms with Gasteiger partial charge in [-0.3, -0.25) is 0 Å². The average molecular weight is 274 g/mol. The molecule has 2 fully saturated rings. The van der Waals surface area contributed by atoms with Gasteiger partial charge in [-0.15, -0.1) is 0 Å². The van der Waals surface area contributed by atoms with Crippen LogP contribution < -0.4 is 10.0 Å². The first-order valence-electron chi connectivity index (χ1n) is 7.12. The molecule has 0 bridgehead atoms. The molecule has 4 nitrogen and oxygen atoms in total. The highest BCUT2D eigenvalue weighted by atomic mass is 32.2. The lowest BCUT2D eigenvalue weighted by Crippen LogP contribution is -2.49. The van der Waals surface area contributed by atoms with Gasteiger partial charge in [0.1, 0.15) is 0 Å². The van der Waals surface area contributed by atoms with Crippen molar-refractivity contribution in [1.29, 1.82) is 0 Å². The zero-order valence-corrected chi connectivity index (χ0v) is 12.4. The molecule has 2 aliphatic rings. The summed E-state index contributed by atoms with van der Waals surface area (Å²) in [4.78, 5) is 0. The maximum atomic E-state index is 12.2. The Bertz CT molecular complexity index is 372. The van der Waals surface area contributed by atoms with E-state index in [1.807, 2.05) is 0 Å². The summed E-state index contributed by atoms with van der Waals surface area (Å²) in [6, 6.07) is 0.256. The quantitative estimate of drug-likeness (QED) is 0.819. The Morgan fingerprint density at radius 2 is 2.00 bits per heavy atom. The van der Waals surface area contributed by atoms with Gasteiger partial charge in [-0.05, 0) is 37.6 Å². The second-order valence-corrected chi connectivity index (χ2v) is 8.28. The third-order valence-corrected chi connectivity index (χ3v) is 5.90. The molecular weight excluding hydrogens is 248 g/mol. The van der Waals surface area contributed by atoms with Crippen molar-refractivity contribution < 1.29 is 8.42 Å². The highest BCUT2D eigenvalue weighted by molar-refractivity contribution is 7.89. The molecule has 0 aromatic carbocycles. The Labute approximate surface area is 111 Å². The first-order chi connectivity index (χ1) is 8.39. The lowest BCUT2D eigenvalue weighted by molar-refractivity contribution is 0.188. The molecule has 106 valence electrons. The number of hydrogen-bond acceptors (Lipinski definition) is 3. The van der Waals surface area contributed by atoms with E-state index in [-0.39, 0.29) is 23.3 Å². The van der Waals surface area contributed by atoms with Gasteiger partial charge in [-0.1, -0.05) is 26.7 Å². The maximum Gasteiger partial charge on any atom is 0.213 e. The van der Waals surface area contributed by atoms with Gasteiger partial charge in [0, 0.05) is 12.1 Å². The zero-order chi connectivity index (χ0) is 13.2. The van der Waals surface area contributed by atoms with Crippen molar-refractivity contribution in [3.8, 4) is 0 Å². The van der Waals surface area contributed by atoms with Gasteiger partial charge in [0.05, 0.1) is 5.75 Å². The normalized spacial score (nSPS) is 32.6. The summed E-state index contributed by atoms with van der Waals surface area (Å²) in [5.74, 6) is 0.236. The molecule has 1 aliphatic carbocycles. The molecule has 1 saturated carbocycles. The first-order valence-corrected chi connectivity index (χ1v) is 8.78. The first kappa shape index (κ1) is 14.3. The number of nitrogens with one attached hydrogen (secondary N) is 2. The molecule has 2 unspecified atom stereocenters. The van der Waals surface area contributed by atoms with Crippen molar-refractivity contribution in [2.75, 3.05) is 12.3 Å². The molecule has 0 radical (unpaired) electrons. The molecule has 5 heteroatoms. The molecule has 0 spiro atoms. The minimum atomic E-state index is -3.15. The van der Waals surface area contributed by atoms with Crippen LogP contribution in [0, 0.1) is 5.41 Å². The molecule has 0 aromatic rings. The summed E-state index contributed by atoms with van der Waals surface area (Å²) < 4.78 is 27.3. The molecule has 18 heavy (non-hydrogen) atoms. The second kappa shape index (κ2) is 5.47. The van der Waals surface area contributed by atoms with Crippen molar-refractivity contribution in [2.24, 2.45) is 5.41 Å². The van der Waals surface area contributed by atoms with Gasteiger partial charge in [0.25, 0.3) is 0 Å². The van der Waals surface area contributed by atoms with Gasteiger partial charge >= 0.3 is 0 Å². The Balaban J connectivity index is 1.94. The largest absolute Gasteiger partial charge is 0.313 e. The van der Waals surface area contributed by atoms with Crippen molar-refractivity contribution in [1.82, 2.24) is 10.0 Å². The summed E-state index contributed by atoms with van der Waals surface area (Å²) in [5.41, 5.74) is 0.0917. The van der Waals surface area contributed by atoms with Crippen LogP contribution in [0.1, 0.15) is 52.4 Å². The molecular formula is C13H26N2O2S. The maximum absolute atomic E-state index is 12.2. The molecule has 2 atom stereocenters. The Hall–Kier alpha value is -0.130. The Morgan fingerprint density at radius 3 is 2.61 bits per heavy atom. The smallest absolute Gasteiger partial charge is 0.213 e. The van der Waals surface area contributed by atoms with E-state index in [4.69, 9.17) is 0 Å². The van der Waals surface area contributed by atoms with Crippen LogP contribution in [0.4, 0.5) is 0 Å². The fraction of sp³-hybridized carbons (Fsp3) is 1.00. The summed E-state index contributed by atoms with van der Waals surface area (Å²) >= 11 is 0. The van der Waals surface area contributed by atoms with Gasteiger partial charge < -0.3 is 5.32 Å². The van der Waals surface area contributed by atoms with Crippen LogP contribution >= 0.6 is 0 Å². The van der Waals surface area contributed by atoms with E-state index >= 15 is 0 Å². The van der Waals surface area contributed by atoms with Crippen LogP contribution in [0.3, 0.4) is 0 Å². The highest BCUT2D eigenvalue weighted by Crippen LogP contribution is 2.35. The molecule has 1 saturated heterocycles. The standard InChI is InChI=1S/C13H26N2O2S/c1-13(2)8-4-3-7-12(13)15-18(16,17)10-11-6-5-9-14-11/h11-12,14-15H,3-10H2,1-2H3. The number of sulfonamides is 1. The Morgan fingerprint density at radius 1 is 1.22 bits per heavy atom. The van der Waals surface area contributed by atoms with Crippen molar-refractivity contribution >= 4 is 10.0 Å². The number of hydrogen-bond donors (Lipinski definition) is 2. The van der Waals surface area contributed by atoms with Crippen LogP contribution in [0.5, 0.6) is 0 Å². The highest BCUT2D eigenvalue weighted by Gasteiger charge is 2.35. The van der Waals surface area contributed by atoms with E-state index in [1.165, 1.54) is 6.42 Å². The van der Waals surface area contributed by atoms with Crippen LogP contribution in [-0.4, -0.2) is 32.8 Å². The summed E-state index contributed by atoms with van der Waals surface area (Å²) in [6.07, 6.45) is 6.52. The van der Waals surface area contributed by atoms with Crippen LogP contribution in [0.25, 0.3) is 0 Å². The van der Waals surface area contributed by atoms with Gasteiger partial charge in [-0.2, -0.15) is 0 Å². The van der Waals surface area contributed by atoms with E-state index in [2.05, 4.69) is 23.9 Å². The molecule has 2 N–H and O–H groups in total. The zero-order valence-electron chi connectivity index (χ0n) is 11.5. The minimum Gasteiger partial charge on any atom is -0.313 e. The predicted molar refractivity (Wildman–Crippen MR) is 74.0 cm³/mol. The average Bonchev–Trinajstić information content (AvgIpc) is 2.72. The van der Waals surface area contributed by atoms with Crippen molar-refractivity contribution in [2.45, 2.75) is 64.5 Å². The summed E-state index contributed by atoms with van der Waals surface area (Å²) in [7, 11) is -3.15. The second-order valence-electron chi connectivity index (χ2n) is 6.48. The van der Waals surface area contributed by atoms with E-state index in [0.29, 0.717) is 0 Å². The van der Waals surface area contributed by atoms with Crippen LogP contribution in [0.15, 0.2) is 0 Å². The molecule has 2 rings (SSSR count).